The molecule has 1 aromatic carbocycles. The van der Waals surface area contributed by atoms with Gasteiger partial charge in [0.05, 0.1) is 14.2 Å². The van der Waals surface area contributed by atoms with Crippen molar-refractivity contribution in [3.05, 3.63) is 50.8 Å². The van der Waals surface area contributed by atoms with Crippen molar-refractivity contribution in [2.24, 2.45) is 0 Å². The lowest BCUT2D eigenvalue weighted by Gasteiger charge is -2.10. The number of carbonyl (C=O) groups is 2. The van der Waals surface area contributed by atoms with Gasteiger partial charge in [0.15, 0.2) is 6.61 Å². The number of ether oxygens (including phenoxy) is 3. The van der Waals surface area contributed by atoms with Crippen LogP contribution in [0.5, 0.6) is 11.5 Å². The number of methoxy groups -OCH3 is 2. The summed E-state index contributed by atoms with van der Waals surface area (Å²) in [5.41, 5.74) is -1.72. The molecule has 10 nitrogen and oxygen atoms in total. The van der Waals surface area contributed by atoms with Crippen LogP contribution in [0.25, 0.3) is 0 Å². The van der Waals surface area contributed by atoms with Crippen molar-refractivity contribution >= 4 is 17.6 Å². The SMILES string of the molecule is COc1cc(NC(=O)COC(=O)c2c[nH]c(=O)[nH]c2=O)cc(OC)c1. The molecule has 0 radical (unpaired) electrons. The Bertz CT molecular complexity index is 878. The van der Waals surface area contributed by atoms with Crippen LogP contribution in [-0.2, 0) is 9.53 Å². The van der Waals surface area contributed by atoms with Crippen LogP contribution in [-0.4, -0.2) is 42.7 Å². The highest BCUT2D eigenvalue weighted by molar-refractivity contribution is 5.95. The fourth-order valence-electron chi connectivity index (χ4n) is 1.85. The summed E-state index contributed by atoms with van der Waals surface area (Å²) in [6.45, 7) is -0.628. The Morgan fingerprint density at radius 3 is 2.28 bits per heavy atom. The van der Waals surface area contributed by atoms with Crippen LogP contribution in [0.2, 0.25) is 0 Å². The normalized spacial score (nSPS) is 10.0. The van der Waals surface area contributed by atoms with Crippen molar-refractivity contribution in [1.29, 1.82) is 0 Å². The van der Waals surface area contributed by atoms with Gasteiger partial charge in [-0.3, -0.25) is 14.6 Å². The van der Waals surface area contributed by atoms with Crippen molar-refractivity contribution in [2.45, 2.75) is 0 Å². The first kappa shape index (κ1) is 17.8. The number of hydrogen-bond acceptors (Lipinski definition) is 7. The summed E-state index contributed by atoms with van der Waals surface area (Å²) >= 11 is 0. The highest BCUT2D eigenvalue weighted by Crippen LogP contribution is 2.25. The molecule has 2 rings (SSSR count). The van der Waals surface area contributed by atoms with Gasteiger partial charge in [-0.05, 0) is 0 Å². The van der Waals surface area contributed by atoms with Crippen LogP contribution >= 0.6 is 0 Å². The standard InChI is InChI=1S/C15H15N3O7/c1-23-9-3-8(4-10(5-9)24-2)17-12(19)7-25-14(21)11-6-16-15(22)18-13(11)20/h3-6H,7H2,1-2H3,(H,17,19)(H2,16,18,20,22). The Balaban J connectivity index is 2.00. The third-order valence-electron chi connectivity index (χ3n) is 3.01. The fourth-order valence-corrected chi connectivity index (χ4v) is 1.85. The molecule has 0 aliphatic carbocycles. The van der Waals surface area contributed by atoms with Gasteiger partial charge in [0.25, 0.3) is 11.5 Å². The van der Waals surface area contributed by atoms with Crippen molar-refractivity contribution in [3.63, 3.8) is 0 Å². The number of esters is 1. The molecular weight excluding hydrogens is 334 g/mol. The minimum atomic E-state index is -1.05. The molecule has 1 heterocycles. The first-order valence-corrected chi connectivity index (χ1v) is 6.95. The second-order valence-electron chi connectivity index (χ2n) is 4.71. The minimum Gasteiger partial charge on any atom is -0.497 e. The number of hydrogen-bond donors (Lipinski definition) is 3. The van der Waals surface area contributed by atoms with Gasteiger partial charge in [-0.15, -0.1) is 0 Å². The molecule has 0 spiro atoms. The van der Waals surface area contributed by atoms with E-state index < -0.39 is 35.3 Å². The van der Waals surface area contributed by atoms with E-state index in [1.54, 1.807) is 18.2 Å². The summed E-state index contributed by atoms with van der Waals surface area (Å²) in [7, 11) is 2.92. The van der Waals surface area contributed by atoms with Gasteiger partial charge in [0, 0.05) is 30.1 Å². The molecule has 1 amide bonds. The summed E-state index contributed by atoms with van der Waals surface area (Å²) in [5, 5.41) is 2.50. The summed E-state index contributed by atoms with van der Waals surface area (Å²) in [5.74, 6) is -0.752. The average molecular weight is 349 g/mol. The molecule has 0 bridgehead atoms. The third kappa shape index (κ3) is 4.70. The number of aromatic amines is 2. The molecule has 0 aliphatic rings. The van der Waals surface area contributed by atoms with E-state index >= 15 is 0 Å². The molecule has 0 fully saturated rings. The van der Waals surface area contributed by atoms with Crippen LogP contribution < -0.4 is 26.0 Å². The Hall–Kier alpha value is -3.56. The Kier molecular flexibility index (Phi) is 5.56. The van der Waals surface area contributed by atoms with E-state index in [2.05, 4.69) is 10.3 Å². The Morgan fingerprint density at radius 2 is 1.72 bits per heavy atom. The zero-order chi connectivity index (χ0) is 18.4. The molecule has 25 heavy (non-hydrogen) atoms. The van der Waals surface area contributed by atoms with E-state index in [0.717, 1.165) is 6.20 Å². The second-order valence-corrected chi connectivity index (χ2v) is 4.71. The molecule has 10 heteroatoms. The van der Waals surface area contributed by atoms with Crippen LogP contribution in [0.4, 0.5) is 5.69 Å². The van der Waals surface area contributed by atoms with Gasteiger partial charge in [0.2, 0.25) is 0 Å². The van der Waals surface area contributed by atoms with Gasteiger partial charge in [-0.1, -0.05) is 0 Å². The number of nitrogens with one attached hydrogen (secondary N) is 3. The molecule has 0 saturated heterocycles. The van der Waals surface area contributed by atoms with Crippen molar-refractivity contribution < 1.29 is 23.8 Å². The summed E-state index contributed by atoms with van der Waals surface area (Å²) in [6, 6.07) is 4.72. The molecule has 0 saturated carbocycles. The van der Waals surface area contributed by atoms with Gasteiger partial charge in [-0.25, -0.2) is 9.59 Å². The molecule has 0 atom stereocenters. The number of aromatic nitrogens is 2. The van der Waals surface area contributed by atoms with E-state index in [1.807, 2.05) is 4.98 Å². The number of H-pyrrole nitrogens is 2. The lowest BCUT2D eigenvalue weighted by atomic mass is 10.2. The lowest BCUT2D eigenvalue weighted by molar-refractivity contribution is -0.119. The Labute approximate surface area is 140 Å². The Morgan fingerprint density at radius 1 is 1.08 bits per heavy atom. The second kappa shape index (κ2) is 7.81. The van der Waals surface area contributed by atoms with E-state index in [0.29, 0.717) is 17.2 Å². The van der Waals surface area contributed by atoms with Crippen molar-refractivity contribution in [3.8, 4) is 11.5 Å². The molecular formula is C15H15N3O7. The summed E-state index contributed by atoms with van der Waals surface area (Å²) in [6.07, 6.45) is 0.911. The van der Waals surface area contributed by atoms with Crippen molar-refractivity contribution in [2.75, 3.05) is 26.1 Å². The summed E-state index contributed by atoms with van der Waals surface area (Å²) < 4.78 is 14.9. The van der Waals surface area contributed by atoms with Crippen LogP contribution in [0.15, 0.2) is 34.0 Å². The highest BCUT2D eigenvalue weighted by Gasteiger charge is 2.15. The third-order valence-corrected chi connectivity index (χ3v) is 3.01. The van der Waals surface area contributed by atoms with Crippen LogP contribution in [0, 0.1) is 0 Å². The monoisotopic (exact) mass is 349 g/mol. The molecule has 0 aliphatic heterocycles. The average Bonchev–Trinajstić information content (AvgIpc) is 2.59. The number of carbonyl (C=O) groups excluding carboxylic acids is 2. The van der Waals surface area contributed by atoms with Crippen LogP contribution in [0.3, 0.4) is 0 Å². The molecule has 2 aromatic rings. The zero-order valence-corrected chi connectivity index (χ0v) is 13.4. The van der Waals surface area contributed by atoms with E-state index in [1.165, 1.54) is 14.2 Å². The number of benzene rings is 1. The quantitative estimate of drug-likeness (QED) is 0.617. The zero-order valence-electron chi connectivity index (χ0n) is 13.4. The van der Waals surface area contributed by atoms with E-state index in [9.17, 15) is 19.2 Å². The van der Waals surface area contributed by atoms with Crippen molar-refractivity contribution in [1.82, 2.24) is 9.97 Å². The predicted octanol–water partition coefficient (Wildman–Crippen LogP) is -0.124. The molecule has 132 valence electrons. The number of rotatable bonds is 6. The maximum Gasteiger partial charge on any atom is 0.345 e. The van der Waals surface area contributed by atoms with Crippen LogP contribution in [0.1, 0.15) is 10.4 Å². The molecule has 3 N–H and O–H groups in total. The number of amides is 1. The van der Waals surface area contributed by atoms with Gasteiger partial charge >= 0.3 is 11.7 Å². The predicted molar refractivity (Wildman–Crippen MR) is 86.1 cm³/mol. The van der Waals surface area contributed by atoms with Gasteiger partial charge in [-0.2, -0.15) is 0 Å². The largest absolute Gasteiger partial charge is 0.497 e. The molecule has 0 unspecified atom stereocenters. The fraction of sp³-hybridized carbons (Fsp3) is 0.200. The first-order valence-electron chi connectivity index (χ1n) is 6.95. The topological polar surface area (TPSA) is 140 Å². The molecule has 1 aromatic heterocycles. The van der Waals surface area contributed by atoms with E-state index in [-0.39, 0.29) is 0 Å². The van der Waals surface area contributed by atoms with Gasteiger partial charge in [0.1, 0.15) is 17.1 Å². The van der Waals surface area contributed by atoms with Gasteiger partial charge < -0.3 is 24.5 Å². The summed E-state index contributed by atoms with van der Waals surface area (Å²) in [4.78, 5) is 50.0. The maximum absolute atomic E-state index is 11.9. The van der Waals surface area contributed by atoms with E-state index in [4.69, 9.17) is 14.2 Å². The lowest BCUT2D eigenvalue weighted by Crippen LogP contribution is -2.29. The smallest absolute Gasteiger partial charge is 0.345 e. The maximum atomic E-state index is 11.9. The highest BCUT2D eigenvalue weighted by atomic mass is 16.5. The first-order chi connectivity index (χ1) is 11.9. The number of anilines is 1. The minimum absolute atomic E-state index is 0.374.